The van der Waals surface area contributed by atoms with Gasteiger partial charge in [0, 0.05) is 36.7 Å². The molecule has 1 aliphatic heterocycles. The van der Waals surface area contributed by atoms with Crippen LogP contribution in [0.5, 0.6) is 11.5 Å². The molecule has 10 heteroatoms. The molecule has 0 radical (unpaired) electrons. The highest BCUT2D eigenvalue weighted by Gasteiger charge is 2.51. The molecule has 0 bridgehead atoms. The van der Waals surface area contributed by atoms with E-state index in [1.54, 1.807) is 24.3 Å². The average molecular weight is 472 g/mol. The number of rotatable bonds is 8. The van der Waals surface area contributed by atoms with Crippen LogP contribution in [0, 0.1) is 0 Å². The molecule has 1 aromatic carbocycles. The third-order valence-corrected chi connectivity index (χ3v) is 6.19. The number of methoxy groups -OCH3 is 1. The lowest BCUT2D eigenvalue weighted by Crippen LogP contribution is -2.55. The van der Waals surface area contributed by atoms with Crippen molar-refractivity contribution in [1.82, 2.24) is 10.2 Å². The highest BCUT2D eigenvalue weighted by atomic mass is 16.5. The maximum atomic E-state index is 13.2. The Bertz CT molecular complexity index is 1080. The van der Waals surface area contributed by atoms with Gasteiger partial charge in [-0.2, -0.15) is 0 Å². The summed E-state index contributed by atoms with van der Waals surface area (Å²) in [6.45, 7) is 1.11. The molecule has 4 atom stereocenters. The zero-order valence-corrected chi connectivity index (χ0v) is 18.9. The summed E-state index contributed by atoms with van der Waals surface area (Å²) < 4.78 is 16.7. The topological polar surface area (TPSA) is 142 Å². The molecule has 34 heavy (non-hydrogen) atoms. The van der Waals surface area contributed by atoms with Gasteiger partial charge in [-0.15, -0.1) is 0 Å². The van der Waals surface area contributed by atoms with Crippen molar-refractivity contribution < 1.29 is 38.8 Å². The number of carbonyl (C=O) groups excluding carboxylic acids is 2. The third kappa shape index (κ3) is 4.27. The van der Waals surface area contributed by atoms with Crippen molar-refractivity contribution in [2.45, 2.75) is 44.2 Å². The van der Waals surface area contributed by atoms with E-state index < -0.39 is 30.1 Å². The van der Waals surface area contributed by atoms with Gasteiger partial charge in [0.15, 0.2) is 11.5 Å². The van der Waals surface area contributed by atoms with E-state index in [2.05, 4.69) is 5.32 Å². The molecule has 1 aromatic heterocycles. The molecule has 1 aliphatic carbocycles. The number of aliphatic hydroxyl groups excluding tert-OH is 3. The van der Waals surface area contributed by atoms with Gasteiger partial charge in [0.05, 0.1) is 44.8 Å². The highest BCUT2D eigenvalue weighted by Crippen LogP contribution is 2.51. The van der Waals surface area contributed by atoms with Crippen molar-refractivity contribution in [3.8, 4) is 11.5 Å². The summed E-state index contributed by atoms with van der Waals surface area (Å²) in [7, 11) is 1.47. The van der Waals surface area contributed by atoms with Crippen molar-refractivity contribution in [2.75, 3.05) is 20.3 Å². The number of ether oxygens (including phenoxy) is 2. The predicted octanol–water partition coefficient (Wildman–Crippen LogP) is 0.452. The van der Waals surface area contributed by atoms with Gasteiger partial charge in [-0.05, 0) is 29.8 Å². The minimum atomic E-state index is -1.16. The maximum Gasteiger partial charge on any atom is 0.247 e. The molecule has 0 saturated heterocycles. The van der Waals surface area contributed by atoms with Crippen molar-refractivity contribution in [3.05, 3.63) is 59.1 Å². The van der Waals surface area contributed by atoms with Gasteiger partial charge in [-0.25, -0.2) is 0 Å². The van der Waals surface area contributed by atoms with E-state index in [-0.39, 0.29) is 32.2 Å². The first-order valence-corrected chi connectivity index (χ1v) is 10.9. The van der Waals surface area contributed by atoms with Gasteiger partial charge in [-0.3, -0.25) is 9.59 Å². The molecule has 0 unspecified atom stereocenters. The Balaban J connectivity index is 1.80. The van der Waals surface area contributed by atoms with E-state index in [0.29, 0.717) is 28.2 Å². The van der Waals surface area contributed by atoms with Gasteiger partial charge in [0.25, 0.3) is 0 Å². The summed E-state index contributed by atoms with van der Waals surface area (Å²) >= 11 is 0. The zero-order chi connectivity index (χ0) is 24.4. The summed E-state index contributed by atoms with van der Waals surface area (Å²) in [5.74, 6) is -0.664. The number of fused-ring (bicyclic) bond motifs is 3. The van der Waals surface area contributed by atoms with Crippen LogP contribution < -0.4 is 14.8 Å². The van der Waals surface area contributed by atoms with Gasteiger partial charge in [0.2, 0.25) is 11.8 Å². The minimum Gasteiger partial charge on any atom is -0.493 e. The van der Waals surface area contributed by atoms with Crippen LogP contribution in [0.4, 0.5) is 0 Å². The molecule has 2 heterocycles. The van der Waals surface area contributed by atoms with Crippen molar-refractivity contribution in [1.29, 1.82) is 0 Å². The fraction of sp³-hybridized carbons (Fsp3) is 0.417. The normalized spacial score (nSPS) is 22.8. The van der Waals surface area contributed by atoms with Crippen LogP contribution in [0.1, 0.15) is 29.5 Å². The number of hydrogen-bond acceptors (Lipinski definition) is 8. The van der Waals surface area contributed by atoms with Crippen molar-refractivity contribution >= 4 is 11.8 Å². The molecule has 4 N–H and O–H groups in total. The third-order valence-electron chi connectivity index (χ3n) is 6.19. The molecule has 0 saturated carbocycles. The minimum absolute atomic E-state index is 0.0416. The van der Waals surface area contributed by atoms with E-state index in [4.69, 9.17) is 13.9 Å². The second-order valence-electron chi connectivity index (χ2n) is 8.30. The molecule has 2 amide bonds. The van der Waals surface area contributed by atoms with Gasteiger partial charge in [-0.1, -0.05) is 0 Å². The number of amides is 2. The fourth-order valence-electron chi connectivity index (χ4n) is 4.62. The first kappa shape index (κ1) is 23.8. The molecular weight excluding hydrogens is 444 g/mol. The number of furan rings is 1. The zero-order valence-electron chi connectivity index (χ0n) is 18.9. The summed E-state index contributed by atoms with van der Waals surface area (Å²) in [6, 6.07) is 4.21. The molecule has 10 nitrogen and oxygen atoms in total. The van der Waals surface area contributed by atoms with Gasteiger partial charge >= 0.3 is 0 Å². The molecule has 0 spiro atoms. The van der Waals surface area contributed by atoms with Crippen LogP contribution in [-0.2, 0) is 22.7 Å². The molecule has 2 aromatic rings. The highest BCUT2D eigenvalue weighted by molar-refractivity contribution is 5.96. The van der Waals surface area contributed by atoms with Crippen molar-refractivity contribution in [2.24, 2.45) is 0 Å². The number of nitrogens with zero attached hydrogens (tertiary/aromatic N) is 1. The van der Waals surface area contributed by atoms with Crippen molar-refractivity contribution in [3.63, 3.8) is 0 Å². The van der Waals surface area contributed by atoms with Gasteiger partial charge in [0.1, 0.15) is 12.2 Å². The number of benzene rings is 1. The number of carbonyl (C=O) groups is 2. The Morgan fingerprint density at radius 2 is 2.03 bits per heavy atom. The maximum absolute atomic E-state index is 13.2. The SMILES string of the molecule is COc1cc(CO)cc2c1O[C@@H]1[C@@H](O)[C@H](N(Cc3ccoc3)C(C)=O)C=C(C(=O)NCCO)[C@H]21. The van der Waals surface area contributed by atoms with Crippen LogP contribution in [0.2, 0.25) is 0 Å². The summed E-state index contributed by atoms with van der Waals surface area (Å²) in [4.78, 5) is 27.2. The lowest BCUT2D eigenvalue weighted by atomic mass is 9.77. The summed E-state index contributed by atoms with van der Waals surface area (Å²) in [5.41, 5.74) is 2.19. The van der Waals surface area contributed by atoms with E-state index in [9.17, 15) is 24.9 Å². The predicted molar refractivity (Wildman–Crippen MR) is 119 cm³/mol. The van der Waals surface area contributed by atoms with Crippen LogP contribution >= 0.6 is 0 Å². The molecule has 182 valence electrons. The molecule has 4 rings (SSSR count). The summed E-state index contributed by atoms with van der Waals surface area (Å²) in [5, 5.41) is 32.9. The Kier molecular flexibility index (Phi) is 6.92. The lowest BCUT2D eigenvalue weighted by molar-refractivity contribution is -0.135. The van der Waals surface area contributed by atoms with Crippen LogP contribution in [0.25, 0.3) is 0 Å². The quantitative estimate of drug-likeness (QED) is 0.434. The smallest absolute Gasteiger partial charge is 0.247 e. The Morgan fingerprint density at radius 1 is 1.24 bits per heavy atom. The Hall–Kier alpha value is -3.34. The van der Waals surface area contributed by atoms with E-state index in [0.717, 1.165) is 5.56 Å². The number of nitrogens with one attached hydrogen (secondary N) is 1. The largest absolute Gasteiger partial charge is 0.493 e. The number of hydrogen-bond donors (Lipinski definition) is 4. The van der Waals surface area contributed by atoms with Gasteiger partial charge < -0.3 is 39.4 Å². The van der Waals surface area contributed by atoms with Crippen LogP contribution in [0.3, 0.4) is 0 Å². The Morgan fingerprint density at radius 3 is 2.65 bits per heavy atom. The second-order valence-corrected chi connectivity index (χ2v) is 8.30. The first-order valence-electron chi connectivity index (χ1n) is 10.9. The standard InChI is InChI=1S/C24H28N2O8/c1-13(29)26(10-14-3-6-33-12-14)18-9-17(24(31)25-4-5-27)20-16-7-15(11-28)8-19(32-2)22(16)34-23(20)21(18)30/h3,6-9,12,18,20-21,23,27-28,30H,4-5,10-11H2,1-2H3,(H,25,31)/t18-,20+,21+,23+/m1/s1. The molecule has 0 fully saturated rings. The first-order chi connectivity index (χ1) is 16.4. The fourth-order valence-corrected chi connectivity index (χ4v) is 4.62. The van der Waals surface area contributed by atoms with E-state index in [1.807, 2.05) is 0 Å². The average Bonchev–Trinajstić information content (AvgIpc) is 3.49. The van der Waals surface area contributed by atoms with Crippen LogP contribution in [0.15, 0.2) is 46.8 Å². The monoisotopic (exact) mass is 472 g/mol. The molecular formula is C24H28N2O8. The van der Waals surface area contributed by atoms with Crippen LogP contribution in [-0.4, -0.2) is 70.5 Å². The van der Waals surface area contributed by atoms with E-state index >= 15 is 0 Å². The number of aliphatic hydroxyl groups is 3. The summed E-state index contributed by atoms with van der Waals surface area (Å²) in [6.07, 6.45) is 2.54. The Labute approximate surface area is 196 Å². The van der Waals surface area contributed by atoms with E-state index in [1.165, 1.54) is 31.5 Å². The molecule has 2 aliphatic rings. The second kappa shape index (κ2) is 9.88. The lowest BCUT2D eigenvalue weighted by Gasteiger charge is -2.40.